The van der Waals surface area contributed by atoms with E-state index in [0.29, 0.717) is 17.0 Å². The molecule has 3 nitrogen and oxygen atoms in total. The van der Waals surface area contributed by atoms with Gasteiger partial charge in [-0.15, -0.1) is 0 Å². The lowest BCUT2D eigenvalue weighted by Gasteiger charge is -2.00. The fourth-order valence-electron chi connectivity index (χ4n) is 0.867. The van der Waals surface area contributed by atoms with Crippen LogP contribution in [0, 0.1) is 12.3 Å². The topological polar surface area (TPSA) is 53.8 Å². The van der Waals surface area contributed by atoms with Crippen molar-refractivity contribution < 1.29 is 4.79 Å². The number of aryl methyl sites for hydroxylation is 1. The molecule has 0 amide bonds. The quantitative estimate of drug-likeness (QED) is 0.429. The van der Waals surface area contributed by atoms with Crippen molar-refractivity contribution >= 4 is 23.6 Å². The summed E-state index contributed by atoms with van der Waals surface area (Å²) in [5.41, 5.74) is 1.23. The Hall–Kier alpha value is -1.22. The molecule has 0 bridgehead atoms. The Kier molecular flexibility index (Phi) is 2.55. The van der Waals surface area contributed by atoms with Crippen molar-refractivity contribution in [2.75, 3.05) is 0 Å². The van der Waals surface area contributed by atoms with E-state index in [0.717, 1.165) is 5.56 Å². The highest BCUT2D eigenvalue weighted by Crippen LogP contribution is 2.11. The van der Waals surface area contributed by atoms with Crippen LogP contribution in [0.25, 0.3) is 0 Å². The van der Waals surface area contributed by atoms with Crippen LogP contribution in [0.4, 0.5) is 0 Å². The number of hydrogen-bond donors (Lipinski definition) is 1. The van der Waals surface area contributed by atoms with Crippen molar-refractivity contribution in [2.45, 2.75) is 6.92 Å². The number of nitrogens with one attached hydrogen (secondary N) is 1. The Bertz CT molecular complexity index is 336. The average molecular weight is 183 g/mol. The van der Waals surface area contributed by atoms with Crippen molar-refractivity contribution in [1.82, 2.24) is 4.98 Å². The number of halogens is 1. The SMILES string of the molecule is Cc1cc(Cl)ncc1C(=N)C=O. The summed E-state index contributed by atoms with van der Waals surface area (Å²) in [5.74, 6) is 0. The standard InChI is InChI=1S/C8H7ClN2O/c1-5-2-8(9)11-3-6(5)7(10)4-12/h2-4,10H,1H3. The number of carbonyl (C=O) groups is 1. The molecule has 0 aliphatic rings. The van der Waals surface area contributed by atoms with E-state index in [-0.39, 0.29) is 5.71 Å². The minimum absolute atomic E-state index is 0.0725. The van der Waals surface area contributed by atoms with Crippen LogP contribution in [-0.2, 0) is 4.79 Å². The van der Waals surface area contributed by atoms with Crippen LogP contribution in [0.5, 0.6) is 0 Å². The zero-order valence-corrected chi connectivity index (χ0v) is 7.22. The van der Waals surface area contributed by atoms with Crippen LogP contribution in [0.15, 0.2) is 12.3 Å². The molecule has 0 atom stereocenters. The molecule has 1 rings (SSSR count). The molecule has 0 spiro atoms. The second-order valence-electron chi connectivity index (χ2n) is 2.35. The molecule has 12 heavy (non-hydrogen) atoms. The summed E-state index contributed by atoms with van der Waals surface area (Å²) in [4.78, 5) is 14.0. The molecule has 0 aliphatic heterocycles. The molecule has 0 saturated heterocycles. The maximum Gasteiger partial charge on any atom is 0.168 e. The summed E-state index contributed by atoms with van der Waals surface area (Å²) >= 11 is 5.59. The summed E-state index contributed by atoms with van der Waals surface area (Å²) in [6, 6.07) is 1.62. The van der Waals surface area contributed by atoms with Gasteiger partial charge in [0.25, 0.3) is 0 Å². The summed E-state index contributed by atoms with van der Waals surface area (Å²) in [6.07, 6.45) is 1.91. The molecular formula is C8H7ClN2O. The van der Waals surface area contributed by atoms with Gasteiger partial charge in [0.15, 0.2) is 6.29 Å². The predicted octanol–water partition coefficient (Wildman–Crippen LogP) is 1.61. The van der Waals surface area contributed by atoms with Crippen LogP contribution >= 0.6 is 11.6 Å². The highest BCUT2D eigenvalue weighted by Gasteiger charge is 2.04. The zero-order valence-electron chi connectivity index (χ0n) is 6.47. The number of pyridine rings is 1. The lowest BCUT2D eigenvalue weighted by molar-refractivity contribution is -0.102. The van der Waals surface area contributed by atoms with Crippen LogP contribution in [0.3, 0.4) is 0 Å². The van der Waals surface area contributed by atoms with E-state index in [9.17, 15) is 4.79 Å². The maximum absolute atomic E-state index is 10.3. The number of hydrogen-bond acceptors (Lipinski definition) is 3. The molecule has 0 radical (unpaired) electrons. The fourth-order valence-corrected chi connectivity index (χ4v) is 1.08. The molecule has 0 aromatic carbocycles. The first-order valence-corrected chi connectivity index (χ1v) is 3.69. The van der Waals surface area contributed by atoms with Crippen molar-refractivity contribution in [3.05, 3.63) is 28.5 Å². The normalized spacial score (nSPS) is 9.50. The largest absolute Gasteiger partial charge is 0.297 e. The van der Waals surface area contributed by atoms with Crippen LogP contribution < -0.4 is 0 Å². The van der Waals surface area contributed by atoms with Crippen molar-refractivity contribution in [3.63, 3.8) is 0 Å². The van der Waals surface area contributed by atoms with Gasteiger partial charge in [-0.2, -0.15) is 0 Å². The molecule has 0 unspecified atom stereocenters. The van der Waals surface area contributed by atoms with E-state index in [4.69, 9.17) is 17.0 Å². The van der Waals surface area contributed by atoms with E-state index in [1.54, 1.807) is 13.0 Å². The fraction of sp³-hybridized carbons (Fsp3) is 0.125. The van der Waals surface area contributed by atoms with E-state index < -0.39 is 0 Å². The van der Waals surface area contributed by atoms with Gasteiger partial charge in [-0.05, 0) is 18.6 Å². The van der Waals surface area contributed by atoms with Gasteiger partial charge in [-0.3, -0.25) is 10.2 Å². The smallest absolute Gasteiger partial charge is 0.168 e. The van der Waals surface area contributed by atoms with Gasteiger partial charge in [-0.1, -0.05) is 11.6 Å². The van der Waals surface area contributed by atoms with Crippen molar-refractivity contribution in [3.8, 4) is 0 Å². The molecule has 1 N–H and O–H groups in total. The summed E-state index contributed by atoms with van der Waals surface area (Å²) in [6.45, 7) is 1.78. The molecular weight excluding hydrogens is 176 g/mol. The van der Waals surface area contributed by atoms with Gasteiger partial charge in [0.2, 0.25) is 0 Å². The maximum atomic E-state index is 10.3. The van der Waals surface area contributed by atoms with E-state index in [2.05, 4.69) is 4.98 Å². The molecule has 1 aromatic heterocycles. The minimum Gasteiger partial charge on any atom is -0.297 e. The number of aromatic nitrogens is 1. The van der Waals surface area contributed by atoms with Crippen molar-refractivity contribution in [1.29, 1.82) is 5.41 Å². The first-order chi connectivity index (χ1) is 5.65. The first-order valence-electron chi connectivity index (χ1n) is 3.31. The summed E-state index contributed by atoms with van der Waals surface area (Å²) in [5, 5.41) is 7.61. The third kappa shape index (κ3) is 1.68. The Morgan fingerprint density at radius 3 is 2.92 bits per heavy atom. The number of carbonyl (C=O) groups excluding carboxylic acids is 1. The van der Waals surface area contributed by atoms with Crippen LogP contribution in [0.1, 0.15) is 11.1 Å². The molecule has 1 aromatic rings. The molecule has 4 heteroatoms. The van der Waals surface area contributed by atoms with Gasteiger partial charge >= 0.3 is 0 Å². The van der Waals surface area contributed by atoms with Gasteiger partial charge in [0, 0.05) is 11.8 Å². The summed E-state index contributed by atoms with van der Waals surface area (Å²) in [7, 11) is 0. The summed E-state index contributed by atoms with van der Waals surface area (Å²) < 4.78 is 0. The Balaban J connectivity index is 3.18. The lowest BCUT2D eigenvalue weighted by Crippen LogP contribution is -2.03. The van der Waals surface area contributed by atoms with Gasteiger partial charge in [-0.25, -0.2) is 4.98 Å². The van der Waals surface area contributed by atoms with E-state index >= 15 is 0 Å². The molecule has 1 heterocycles. The van der Waals surface area contributed by atoms with Gasteiger partial charge in [0.05, 0.1) is 0 Å². The second-order valence-corrected chi connectivity index (χ2v) is 2.74. The Labute approximate surface area is 74.9 Å². The third-order valence-electron chi connectivity index (χ3n) is 1.49. The van der Waals surface area contributed by atoms with Crippen molar-refractivity contribution in [2.24, 2.45) is 0 Å². The number of nitrogens with zero attached hydrogens (tertiary/aromatic N) is 1. The van der Waals surface area contributed by atoms with Crippen LogP contribution in [0.2, 0.25) is 5.15 Å². The number of aldehydes is 1. The molecule has 0 fully saturated rings. The van der Waals surface area contributed by atoms with Gasteiger partial charge < -0.3 is 0 Å². The van der Waals surface area contributed by atoms with E-state index in [1.165, 1.54) is 6.20 Å². The average Bonchev–Trinajstić information content (AvgIpc) is 2.03. The zero-order chi connectivity index (χ0) is 9.14. The predicted molar refractivity (Wildman–Crippen MR) is 46.9 cm³/mol. The Morgan fingerprint density at radius 1 is 1.75 bits per heavy atom. The molecule has 0 aliphatic carbocycles. The third-order valence-corrected chi connectivity index (χ3v) is 1.69. The molecule has 0 saturated carbocycles. The monoisotopic (exact) mass is 182 g/mol. The van der Waals surface area contributed by atoms with Crippen LogP contribution in [-0.4, -0.2) is 17.0 Å². The Morgan fingerprint density at radius 2 is 2.42 bits per heavy atom. The molecule has 62 valence electrons. The highest BCUT2D eigenvalue weighted by atomic mass is 35.5. The highest BCUT2D eigenvalue weighted by molar-refractivity contribution is 6.35. The minimum atomic E-state index is -0.0725. The lowest BCUT2D eigenvalue weighted by atomic mass is 10.1. The van der Waals surface area contributed by atoms with E-state index in [1.807, 2.05) is 0 Å². The number of rotatable bonds is 2. The first kappa shape index (κ1) is 8.87. The van der Waals surface area contributed by atoms with Gasteiger partial charge in [0.1, 0.15) is 10.9 Å². The second kappa shape index (κ2) is 3.45.